The van der Waals surface area contributed by atoms with Crippen molar-refractivity contribution in [1.82, 2.24) is 45.5 Å². The van der Waals surface area contributed by atoms with Gasteiger partial charge in [0.15, 0.2) is 10.8 Å². The highest BCUT2D eigenvalue weighted by atomic mass is 32.1. The molecule has 6 aliphatic rings. The second-order valence-corrected chi connectivity index (χ2v) is 32.1. The Balaban J connectivity index is 0.697. The summed E-state index contributed by atoms with van der Waals surface area (Å²) in [7, 11) is -4.57. The fourth-order valence-corrected chi connectivity index (χ4v) is 18.1. The predicted molar refractivity (Wildman–Crippen MR) is 385 cm³/mol. The van der Waals surface area contributed by atoms with Crippen molar-refractivity contribution in [3.8, 4) is 11.1 Å². The normalized spacial score (nSPS) is 20.9. The minimum atomic E-state index is -4.57. The number of pyridine rings is 1. The molecule has 548 valence electrons. The maximum Gasteiger partial charge on any atom is 0.410 e. The Morgan fingerprint density at radius 1 is 0.806 bits per heavy atom. The van der Waals surface area contributed by atoms with Crippen LogP contribution in [0.4, 0.5) is 26.2 Å². The maximum absolute atomic E-state index is 13.9. The Bertz CT molecular complexity index is 4250. The van der Waals surface area contributed by atoms with Crippen molar-refractivity contribution in [3.05, 3.63) is 131 Å². The highest BCUT2D eigenvalue weighted by molar-refractivity contribution is 7.51. The molecule has 4 atom stereocenters. The van der Waals surface area contributed by atoms with Gasteiger partial charge in [-0.05, 0) is 159 Å². The first-order valence-corrected chi connectivity index (χ1v) is 37.5. The number of carbonyl (C=O) groups excluding carboxylic acids is 8. The molecule has 5 heterocycles. The van der Waals surface area contributed by atoms with E-state index in [0.717, 1.165) is 64.0 Å². The summed E-state index contributed by atoms with van der Waals surface area (Å²) in [5, 5.41) is 30.0. The Labute approximate surface area is 600 Å². The van der Waals surface area contributed by atoms with Gasteiger partial charge in [0.05, 0.1) is 34.8 Å². The summed E-state index contributed by atoms with van der Waals surface area (Å²) in [5.74, 6) is -3.74. The lowest BCUT2D eigenvalue weighted by atomic mass is 9.39. The number of imide groups is 1. The zero-order valence-corrected chi connectivity index (χ0v) is 60.2. The third-order valence-corrected chi connectivity index (χ3v) is 22.0. The number of para-hydroxylation sites is 1. The van der Waals surface area contributed by atoms with Crippen molar-refractivity contribution in [1.29, 1.82) is 0 Å². The first kappa shape index (κ1) is 74.8. The van der Waals surface area contributed by atoms with Gasteiger partial charge in [-0.25, -0.2) is 24.4 Å². The fraction of sp³-hybridized carbons (Fsp3) is 0.479. The Morgan fingerprint density at radius 3 is 2.24 bits per heavy atom. The average molecular weight is 1450 g/mol. The molecular formula is C73H90N13O15PS. The molecule has 6 aromatic rings. The molecule has 0 spiro atoms. The number of aromatic nitrogens is 4. The highest BCUT2D eigenvalue weighted by Crippen LogP contribution is 2.72. The molecule has 4 fully saturated rings. The van der Waals surface area contributed by atoms with Crippen LogP contribution < -0.4 is 37.2 Å². The Morgan fingerprint density at radius 2 is 1.54 bits per heavy atom. The molecule has 2 aliphatic heterocycles. The van der Waals surface area contributed by atoms with Crippen LogP contribution >= 0.6 is 18.9 Å². The van der Waals surface area contributed by atoms with Crippen molar-refractivity contribution in [2.45, 2.75) is 155 Å². The minimum absolute atomic E-state index is 0.0327. The zero-order valence-electron chi connectivity index (χ0n) is 58.5. The number of urea groups is 1. The summed E-state index contributed by atoms with van der Waals surface area (Å²) in [4.78, 5) is 150. The monoisotopic (exact) mass is 1450 g/mol. The molecule has 10 N–H and O–H groups in total. The topological polar surface area (TPSA) is 389 Å². The number of carboxylic acid groups (broad SMARTS) is 1. The van der Waals surface area contributed by atoms with E-state index in [1.807, 2.05) is 59.0 Å². The van der Waals surface area contributed by atoms with Gasteiger partial charge in [0, 0.05) is 92.5 Å². The van der Waals surface area contributed by atoms with Crippen molar-refractivity contribution in [2.75, 3.05) is 61.0 Å². The van der Waals surface area contributed by atoms with Gasteiger partial charge in [-0.3, -0.25) is 48.2 Å². The summed E-state index contributed by atoms with van der Waals surface area (Å²) < 4.78 is 27.9. The van der Waals surface area contributed by atoms with Crippen LogP contribution in [0.5, 0.6) is 0 Å². The quantitative estimate of drug-likeness (QED) is 0.0108. The van der Waals surface area contributed by atoms with Crippen LogP contribution in [0.1, 0.15) is 148 Å². The van der Waals surface area contributed by atoms with E-state index in [9.17, 15) is 62.6 Å². The standard InChI is InChI=1S/C73H90N13O15PS/c1-45(2)61(81-58(87)18-7-6-10-29-85-59(88)25-26-60(85)89)65(92)78-55(16-12-28-75-67(74)95)64(91)77-49-21-19-47(20-22-49)37-100-69(96)83(32-34-102(97,98)99)31-33-101-73-41-70(4)38-71(5,42-73)40-72(39-70,43-73)44-86-46(3)52(35-76-86)50-23-24-57(80-62(50)66(93)94)84-30-27-48-13-11-14-51(53(48)36-84)63(90)82-68-79-54-15-8-9-17-56(54)103-68/h8-9,11,13-15,17,19-26,35,45,55,61H,6-7,10,12,16,18,27-34,36-44H2,1-5H3,(H,77,91)(H,78,92)(H,81,87)(H,93,94)(H3,74,75,95)(H,79,82,90)(H2,97,98,99)/t55-,61-,70?,71?,72?,73?/m0/s1. The van der Waals surface area contributed by atoms with Crippen LogP contribution in [0.25, 0.3) is 21.3 Å². The number of anilines is 3. The average Bonchev–Trinajstić information content (AvgIpc) is 0.895. The van der Waals surface area contributed by atoms with Crippen LogP contribution in [0.15, 0.2) is 97.2 Å². The van der Waals surface area contributed by atoms with Gasteiger partial charge in [-0.2, -0.15) is 5.10 Å². The van der Waals surface area contributed by atoms with E-state index >= 15 is 0 Å². The van der Waals surface area contributed by atoms with Gasteiger partial charge in [0.25, 0.3) is 17.7 Å². The van der Waals surface area contributed by atoms with Crippen LogP contribution in [-0.2, 0) is 64.1 Å². The Kier molecular flexibility index (Phi) is 22.7. The Hall–Kier alpha value is -9.41. The number of carbonyl (C=O) groups is 9. The van der Waals surface area contributed by atoms with Crippen molar-refractivity contribution in [2.24, 2.45) is 27.9 Å². The summed E-state index contributed by atoms with van der Waals surface area (Å²) in [5.41, 5.74) is 9.90. The molecule has 103 heavy (non-hydrogen) atoms. The molecule has 28 nitrogen and oxygen atoms in total. The molecule has 4 aliphatic carbocycles. The number of fused-ring (bicyclic) bond motifs is 2. The number of aromatic carboxylic acids is 1. The molecule has 4 saturated carbocycles. The van der Waals surface area contributed by atoms with Gasteiger partial charge < -0.3 is 61.2 Å². The summed E-state index contributed by atoms with van der Waals surface area (Å²) in [6, 6.07) is 20.4. The van der Waals surface area contributed by atoms with Crippen molar-refractivity contribution >= 4 is 99.3 Å². The first-order valence-electron chi connectivity index (χ1n) is 34.9. The number of primary amides is 1. The molecule has 9 amide bonds. The number of hydrogen-bond acceptors (Lipinski definition) is 17. The number of ether oxygens (including phenoxy) is 2. The number of nitrogens with one attached hydrogen (secondary N) is 5. The maximum atomic E-state index is 13.9. The van der Waals surface area contributed by atoms with E-state index in [1.54, 1.807) is 56.4 Å². The van der Waals surface area contributed by atoms with E-state index in [1.165, 1.54) is 28.4 Å². The number of rotatable bonds is 32. The van der Waals surface area contributed by atoms with Crippen LogP contribution in [0.3, 0.4) is 0 Å². The van der Waals surface area contributed by atoms with Crippen molar-refractivity contribution < 1.29 is 72.1 Å². The lowest BCUT2D eigenvalue weighted by Crippen LogP contribution is -2.64. The van der Waals surface area contributed by atoms with Gasteiger partial charge in [-0.15, -0.1) is 0 Å². The number of nitrogens with two attached hydrogens (primary N) is 1. The summed E-state index contributed by atoms with van der Waals surface area (Å²) in [6.07, 6.45) is 10.2. The van der Waals surface area contributed by atoms with E-state index in [0.29, 0.717) is 90.6 Å². The van der Waals surface area contributed by atoms with E-state index in [2.05, 4.69) is 45.4 Å². The largest absolute Gasteiger partial charge is 0.476 e. The molecule has 12 rings (SSSR count). The lowest BCUT2D eigenvalue weighted by Gasteiger charge is -2.69. The molecule has 0 saturated heterocycles. The number of thiazole rings is 1. The van der Waals surface area contributed by atoms with E-state index in [4.69, 9.17) is 25.3 Å². The van der Waals surface area contributed by atoms with Crippen LogP contribution in [0, 0.1) is 29.1 Å². The van der Waals surface area contributed by atoms with Crippen molar-refractivity contribution in [3.63, 3.8) is 0 Å². The third kappa shape index (κ3) is 18.3. The number of amides is 9. The highest BCUT2D eigenvalue weighted by Gasteiger charge is 2.66. The molecule has 0 radical (unpaired) electrons. The molecule has 3 aromatic heterocycles. The SMILES string of the molecule is Cc1c(-c2ccc(N3CCc4cccc(C(=O)Nc5nc6ccccc6s5)c4C3)nc2C(=O)O)cnn1CC12CC3(C)CC(C)(C1)CC(OCCN(CCP(=O)(O)O)C(=O)OCc1ccc(NC(=O)[C@H](CCCNC(N)=O)NC(=O)[C@@H](NC(=O)CCCCCN4C(=O)C=CC4=O)C(C)C)cc1)(C3)C2. The first-order chi connectivity index (χ1) is 49.0. The number of nitrogens with zero attached hydrogens (tertiary/aromatic N) is 7. The smallest absolute Gasteiger partial charge is 0.410 e. The predicted octanol–water partition coefficient (Wildman–Crippen LogP) is 8.83. The number of benzene rings is 3. The second-order valence-electron chi connectivity index (χ2n) is 29.3. The molecule has 4 bridgehead atoms. The van der Waals surface area contributed by atoms with Gasteiger partial charge >= 0.3 is 25.7 Å². The van der Waals surface area contributed by atoms with E-state index in [-0.39, 0.29) is 104 Å². The minimum Gasteiger partial charge on any atom is -0.476 e. The van der Waals surface area contributed by atoms with Crippen LogP contribution in [-0.4, -0.2) is 161 Å². The van der Waals surface area contributed by atoms with Gasteiger partial charge in [-0.1, -0.05) is 81.9 Å². The molecule has 3 aromatic carbocycles. The molecule has 2 unspecified atom stereocenters. The lowest BCUT2D eigenvalue weighted by molar-refractivity contribution is -0.248. The number of unbranched alkanes of at least 4 members (excludes halogenated alkanes) is 2. The summed E-state index contributed by atoms with van der Waals surface area (Å²) >= 11 is 1.40. The van der Waals surface area contributed by atoms with Crippen LogP contribution in [0.2, 0.25) is 0 Å². The van der Waals surface area contributed by atoms with E-state index < -0.39 is 67.3 Å². The number of hydrogen-bond donors (Lipinski definition) is 9. The zero-order chi connectivity index (χ0) is 73.6. The molecule has 30 heteroatoms. The van der Waals surface area contributed by atoms with Gasteiger partial charge in [0.2, 0.25) is 17.7 Å². The third-order valence-electron chi connectivity index (χ3n) is 20.3. The number of carboxylic acids is 1. The second kappa shape index (κ2) is 31.3. The molecular weight excluding hydrogens is 1360 g/mol. The van der Waals surface area contributed by atoms with Gasteiger partial charge in [0.1, 0.15) is 24.5 Å². The summed E-state index contributed by atoms with van der Waals surface area (Å²) in [6.45, 7) is 11.3. The fourth-order valence-electron chi connectivity index (χ4n) is 16.7.